The molecule has 2 aromatic carbocycles. The number of amides is 1. The van der Waals surface area contributed by atoms with Crippen molar-refractivity contribution in [1.82, 2.24) is 9.88 Å². The number of benzene rings is 2. The monoisotopic (exact) mass is 442 g/mol. The number of likely N-dealkylation sites (tertiary alicyclic amines) is 1. The lowest BCUT2D eigenvalue weighted by Gasteiger charge is -2.33. The molecule has 0 bridgehead atoms. The lowest BCUT2D eigenvalue weighted by Crippen LogP contribution is -2.46. The number of aromatic nitrogens is 1. The molecule has 1 aliphatic heterocycles. The fourth-order valence-corrected chi connectivity index (χ4v) is 4.47. The second-order valence-corrected chi connectivity index (χ2v) is 8.38. The Bertz CT molecular complexity index is 1230. The Morgan fingerprint density at radius 1 is 1.24 bits per heavy atom. The molecule has 4 rings (SSSR count). The largest absolute Gasteiger partial charge is 0.481 e. The van der Waals surface area contributed by atoms with Crippen molar-refractivity contribution in [3.05, 3.63) is 60.3 Å². The van der Waals surface area contributed by atoms with Gasteiger partial charge >= 0.3 is 5.97 Å². The number of fused-ring (bicyclic) bond motifs is 1. The Balaban J connectivity index is 1.52. The normalized spacial score (nSPS) is 16.7. The number of terminal acetylenes is 1. The maximum Gasteiger partial charge on any atom is 0.303 e. The highest BCUT2D eigenvalue weighted by molar-refractivity contribution is 5.96. The summed E-state index contributed by atoms with van der Waals surface area (Å²) in [5.74, 6) is 2.32. The summed E-state index contributed by atoms with van der Waals surface area (Å²) in [5.41, 5.74) is 3.51. The summed E-state index contributed by atoms with van der Waals surface area (Å²) in [6, 6.07) is 15.3. The summed E-state index contributed by atoms with van der Waals surface area (Å²) in [6.07, 6.45) is 8.45. The standard InChI is InChI=1S/C27H26N2O4/c1-3-20-8-4-5-9-22(20)23-12-13-28-25-16-21(10-11-24(23)25)33-18(2)27(32)29-14-6-7-19(17-29)15-26(30)31/h1,4-5,8-13,16,18-19H,6-7,14-15,17H2,2H3,(H,30,31)/t18-,19-/m1/s1. The minimum Gasteiger partial charge on any atom is -0.481 e. The van der Waals surface area contributed by atoms with Gasteiger partial charge in [-0.15, -0.1) is 6.42 Å². The van der Waals surface area contributed by atoms with Crippen LogP contribution in [0.5, 0.6) is 5.75 Å². The number of rotatable bonds is 6. The second kappa shape index (κ2) is 9.74. The summed E-state index contributed by atoms with van der Waals surface area (Å²) in [5, 5.41) is 10.0. The molecule has 1 aliphatic rings. The third kappa shape index (κ3) is 4.98. The highest BCUT2D eigenvalue weighted by Gasteiger charge is 2.29. The van der Waals surface area contributed by atoms with Crippen LogP contribution >= 0.6 is 0 Å². The third-order valence-electron chi connectivity index (χ3n) is 6.04. The maximum atomic E-state index is 12.9. The first kappa shape index (κ1) is 22.3. The zero-order valence-electron chi connectivity index (χ0n) is 18.5. The van der Waals surface area contributed by atoms with E-state index < -0.39 is 12.1 Å². The molecule has 1 aromatic heterocycles. The number of hydrogen-bond acceptors (Lipinski definition) is 4. The van der Waals surface area contributed by atoms with Gasteiger partial charge < -0.3 is 14.7 Å². The van der Waals surface area contributed by atoms with Crippen LogP contribution in [-0.2, 0) is 9.59 Å². The van der Waals surface area contributed by atoms with E-state index in [0.29, 0.717) is 18.8 Å². The Kier molecular flexibility index (Phi) is 6.60. The molecule has 6 nitrogen and oxygen atoms in total. The lowest BCUT2D eigenvalue weighted by molar-refractivity contribution is -0.143. The van der Waals surface area contributed by atoms with Crippen LogP contribution in [0.15, 0.2) is 54.7 Å². The number of carbonyl (C=O) groups is 2. The van der Waals surface area contributed by atoms with E-state index in [2.05, 4.69) is 10.9 Å². The van der Waals surface area contributed by atoms with Crippen LogP contribution in [-0.4, -0.2) is 46.1 Å². The minimum atomic E-state index is -0.827. The van der Waals surface area contributed by atoms with Gasteiger partial charge in [0.1, 0.15) is 5.75 Å². The van der Waals surface area contributed by atoms with Crippen molar-refractivity contribution < 1.29 is 19.4 Å². The summed E-state index contributed by atoms with van der Waals surface area (Å²) >= 11 is 0. The van der Waals surface area contributed by atoms with Gasteiger partial charge in [-0.2, -0.15) is 0 Å². The number of carboxylic acids is 1. The number of pyridine rings is 1. The average Bonchev–Trinajstić information content (AvgIpc) is 2.82. The number of carbonyl (C=O) groups excluding carboxylic acids is 1. The van der Waals surface area contributed by atoms with Gasteiger partial charge in [0.2, 0.25) is 0 Å². The Morgan fingerprint density at radius 2 is 2.06 bits per heavy atom. The van der Waals surface area contributed by atoms with Gasteiger partial charge in [-0.25, -0.2) is 0 Å². The minimum absolute atomic E-state index is 0.0124. The predicted octanol–water partition coefficient (Wildman–Crippen LogP) is 4.36. The van der Waals surface area contributed by atoms with Crippen molar-refractivity contribution in [3.63, 3.8) is 0 Å². The molecule has 0 unspecified atom stereocenters. The van der Waals surface area contributed by atoms with E-state index in [0.717, 1.165) is 40.4 Å². The number of aliphatic carboxylic acids is 1. The molecule has 168 valence electrons. The molecule has 3 aromatic rings. The highest BCUT2D eigenvalue weighted by atomic mass is 16.5. The van der Waals surface area contributed by atoms with Crippen LogP contribution in [0.1, 0.15) is 31.7 Å². The number of hydrogen-bond donors (Lipinski definition) is 1. The zero-order valence-corrected chi connectivity index (χ0v) is 18.5. The van der Waals surface area contributed by atoms with E-state index >= 15 is 0 Å². The second-order valence-electron chi connectivity index (χ2n) is 8.38. The van der Waals surface area contributed by atoms with Crippen molar-refractivity contribution in [3.8, 4) is 29.2 Å². The first-order chi connectivity index (χ1) is 16.0. The van der Waals surface area contributed by atoms with Crippen LogP contribution in [0.4, 0.5) is 0 Å². The van der Waals surface area contributed by atoms with Gasteiger partial charge in [-0.05, 0) is 61.1 Å². The summed E-state index contributed by atoms with van der Waals surface area (Å²) in [6.45, 7) is 2.80. The van der Waals surface area contributed by atoms with E-state index in [-0.39, 0.29) is 18.2 Å². The smallest absolute Gasteiger partial charge is 0.303 e. The molecule has 2 atom stereocenters. The zero-order chi connectivity index (χ0) is 23.4. The van der Waals surface area contributed by atoms with Crippen LogP contribution < -0.4 is 4.74 Å². The van der Waals surface area contributed by atoms with Gasteiger partial charge in [-0.1, -0.05) is 24.1 Å². The Morgan fingerprint density at radius 3 is 2.85 bits per heavy atom. The van der Waals surface area contributed by atoms with E-state index in [1.165, 1.54) is 0 Å². The number of nitrogens with zero attached hydrogens (tertiary/aromatic N) is 2. The highest BCUT2D eigenvalue weighted by Crippen LogP contribution is 2.32. The van der Waals surface area contributed by atoms with Crippen LogP contribution in [0, 0.1) is 18.3 Å². The van der Waals surface area contributed by atoms with Gasteiger partial charge in [0.05, 0.1) is 5.52 Å². The molecule has 2 heterocycles. The van der Waals surface area contributed by atoms with E-state index in [9.17, 15) is 9.59 Å². The van der Waals surface area contributed by atoms with Crippen LogP contribution in [0.25, 0.3) is 22.0 Å². The Labute approximate surface area is 193 Å². The topological polar surface area (TPSA) is 79.7 Å². The molecule has 0 aliphatic carbocycles. The Hall–Kier alpha value is -3.85. The molecular formula is C27H26N2O4. The summed E-state index contributed by atoms with van der Waals surface area (Å²) < 4.78 is 5.96. The SMILES string of the molecule is C#Cc1ccccc1-c1ccnc2cc(O[C@H](C)C(=O)N3CCC[C@H](CC(=O)O)C3)ccc12. The molecule has 0 saturated carbocycles. The van der Waals surface area contributed by atoms with Gasteiger partial charge in [-0.3, -0.25) is 14.6 Å². The van der Waals surface area contributed by atoms with Crippen LogP contribution in [0.2, 0.25) is 0 Å². The fraction of sp³-hybridized carbons (Fsp3) is 0.296. The molecule has 33 heavy (non-hydrogen) atoms. The number of carboxylic acid groups (broad SMARTS) is 1. The van der Waals surface area contributed by atoms with Crippen molar-refractivity contribution in [2.24, 2.45) is 5.92 Å². The van der Waals surface area contributed by atoms with Gasteiger partial charge in [0.15, 0.2) is 6.10 Å². The number of piperidine rings is 1. The van der Waals surface area contributed by atoms with Crippen molar-refractivity contribution in [2.75, 3.05) is 13.1 Å². The lowest BCUT2D eigenvalue weighted by atomic mass is 9.94. The van der Waals surface area contributed by atoms with Crippen molar-refractivity contribution in [2.45, 2.75) is 32.3 Å². The molecule has 1 fully saturated rings. The molecular weight excluding hydrogens is 416 g/mol. The summed E-state index contributed by atoms with van der Waals surface area (Å²) in [7, 11) is 0. The van der Waals surface area contributed by atoms with Gasteiger partial charge in [0, 0.05) is 42.7 Å². The van der Waals surface area contributed by atoms with Crippen LogP contribution in [0.3, 0.4) is 0 Å². The molecule has 0 radical (unpaired) electrons. The van der Waals surface area contributed by atoms with E-state index in [1.807, 2.05) is 48.5 Å². The third-order valence-corrected chi connectivity index (χ3v) is 6.04. The molecule has 6 heteroatoms. The van der Waals surface area contributed by atoms with Gasteiger partial charge in [0.25, 0.3) is 5.91 Å². The maximum absolute atomic E-state index is 12.9. The van der Waals surface area contributed by atoms with E-state index in [4.69, 9.17) is 16.3 Å². The van der Waals surface area contributed by atoms with Crippen molar-refractivity contribution in [1.29, 1.82) is 0 Å². The van der Waals surface area contributed by atoms with Crippen molar-refractivity contribution >= 4 is 22.8 Å². The first-order valence-electron chi connectivity index (χ1n) is 11.1. The summed E-state index contributed by atoms with van der Waals surface area (Å²) in [4.78, 5) is 30.2. The first-order valence-corrected chi connectivity index (χ1v) is 11.1. The quantitative estimate of drug-likeness (QED) is 0.574. The average molecular weight is 443 g/mol. The fourth-order valence-electron chi connectivity index (χ4n) is 4.47. The van der Waals surface area contributed by atoms with E-state index in [1.54, 1.807) is 18.0 Å². The number of ether oxygens (including phenoxy) is 1. The predicted molar refractivity (Wildman–Crippen MR) is 127 cm³/mol. The molecule has 1 amide bonds. The molecule has 1 N–H and O–H groups in total. The molecule has 0 spiro atoms. The molecule has 1 saturated heterocycles.